The lowest BCUT2D eigenvalue weighted by molar-refractivity contribution is 0.0526. The van der Waals surface area contributed by atoms with Crippen LogP contribution in [0.2, 0.25) is 0 Å². The normalized spacial score (nSPS) is 13.1. The average molecular weight is 489 g/mol. The molecule has 0 aromatic heterocycles. The number of Topliss-reactive ketones (excluding diaryl/α,β-unsaturated/α-hetero) is 1. The lowest BCUT2D eigenvalue weighted by atomic mass is 9.66. The molecule has 3 heteroatoms. The Labute approximate surface area is 219 Å². The number of aryl methyl sites for hydroxylation is 4. The summed E-state index contributed by atoms with van der Waals surface area (Å²) in [6, 6.07) is 25.4. The zero-order valence-corrected chi connectivity index (χ0v) is 22.4. The smallest absolute Gasteiger partial charge is 0.338 e. The third-order valence-corrected chi connectivity index (χ3v) is 7.39. The average Bonchev–Trinajstić information content (AvgIpc) is 3.12. The number of benzene rings is 4. The number of hydrogen-bond acceptors (Lipinski definition) is 3. The summed E-state index contributed by atoms with van der Waals surface area (Å²) < 4.78 is 5.40. The SMILES string of the molecule is CCOC(=O)c1cc(C)cc(C2(c3cc(C)cc(C(C)=O)c3)c3cc(C)ccc3-c3ccc(C)cc32)c1. The first kappa shape index (κ1) is 24.7. The van der Waals surface area contributed by atoms with Crippen molar-refractivity contribution in [3.8, 4) is 11.1 Å². The molecule has 4 aromatic rings. The summed E-state index contributed by atoms with van der Waals surface area (Å²) in [5.74, 6) is -0.299. The Hall–Kier alpha value is -3.98. The van der Waals surface area contributed by atoms with Gasteiger partial charge in [0.15, 0.2) is 5.78 Å². The number of ether oxygens (including phenoxy) is 1. The second-order valence-corrected chi connectivity index (χ2v) is 10.3. The predicted octanol–water partition coefficient (Wildman–Crippen LogP) is 7.66. The second-order valence-electron chi connectivity index (χ2n) is 10.3. The van der Waals surface area contributed by atoms with E-state index < -0.39 is 5.41 Å². The van der Waals surface area contributed by atoms with E-state index in [4.69, 9.17) is 4.74 Å². The maximum atomic E-state index is 12.9. The molecule has 0 N–H and O–H groups in total. The van der Waals surface area contributed by atoms with Crippen molar-refractivity contribution in [2.75, 3.05) is 6.61 Å². The Bertz CT molecular complexity index is 1520. The van der Waals surface area contributed by atoms with Crippen LogP contribution in [0.1, 0.15) is 79.1 Å². The third-order valence-electron chi connectivity index (χ3n) is 7.39. The van der Waals surface area contributed by atoms with E-state index in [1.807, 2.05) is 45.0 Å². The van der Waals surface area contributed by atoms with Gasteiger partial charge in [0.1, 0.15) is 0 Å². The highest BCUT2D eigenvalue weighted by molar-refractivity contribution is 5.96. The van der Waals surface area contributed by atoms with Crippen LogP contribution in [0.15, 0.2) is 72.8 Å². The molecule has 186 valence electrons. The van der Waals surface area contributed by atoms with Crippen LogP contribution >= 0.6 is 0 Å². The Morgan fingerprint density at radius 2 is 1.14 bits per heavy atom. The van der Waals surface area contributed by atoms with Gasteiger partial charge < -0.3 is 4.74 Å². The zero-order chi connectivity index (χ0) is 26.5. The zero-order valence-electron chi connectivity index (χ0n) is 22.4. The van der Waals surface area contributed by atoms with E-state index in [0.29, 0.717) is 17.7 Å². The number of fused-ring (bicyclic) bond motifs is 3. The van der Waals surface area contributed by atoms with Crippen molar-refractivity contribution in [2.45, 2.75) is 47.0 Å². The molecule has 0 heterocycles. The summed E-state index contributed by atoms with van der Waals surface area (Å²) in [6.07, 6.45) is 0. The number of rotatable bonds is 5. The molecule has 5 rings (SSSR count). The number of ketones is 1. The molecule has 0 amide bonds. The minimum Gasteiger partial charge on any atom is -0.462 e. The molecule has 0 bridgehead atoms. The maximum Gasteiger partial charge on any atom is 0.338 e. The molecule has 0 radical (unpaired) electrons. The van der Waals surface area contributed by atoms with Crippen LogP contribution in [-0.2, 0) is 10.2 Å². The summed E-state index contributed by atoms with van der Waals surface area (Å²) >= 11 is 0. The maximum absolute atomic E-state index is 12.9. The lowest BCUT2D eigenvalue weighted by Gasteiger charge is -2.35. The monoisotopic (exact) mass is 488 g/mol. The van der Waals surface area contributed by atoms with Crippen LogP contribution in [0, 0.1) is 27.7 Å². The Morgan fingerprint density at radius 1 is 0.649 bits per heavy atom. The molecule has 4 aromatic carbocycles. The van der Waals surface area contributed by atoms with Crippen molar-refractivity contribution in [1.29, 1.82) is 0 Å². The Kier molecular flexibility index (Phi) is 6.11. The summed E-state index contributed by atoms with van der Waals surface area (Å²) in [7, 11) is 0. The van der Waals surface area contributed by atoms with Crippen LogP contribution in [0.4, 0.5) is 0 Å². The van der Waals surface area contributed by atoms with Crippen molar-refractivity contribution in [3.63, 3.8) is 0 Å². The molecular formula is C34H32O3. The standard InChI is InChI=1S/C34H32O3/c1-7-37-33(36)26-13-23(5)15-28(19-26)34(27-14-22(4)12-25(18-27)24(6)35)31-16-20(2)8-10-29(31)30-11-9-21(3)17-32(30)34/h8-19H,7H2,1-6H3. The molecule has 0 saturated carbocycles. The molecular weight excluding hydrogens is 456 g/mol. The van der Waals surface area contributed by atoms with Crippen LogP contribution in [0.25, 0.3) is 11.1 Å². The fourth-order valence-electron chi connectivity index (χ4n) is 5.87. The van der Waals surface area contributed by atoms with Crippen molar-refractivity contribution in [2.24, 2.45) is 0 Å². The van der Waals surface area contributed by atoms with Crippen molar-refractivity contribution >= 4 is 11.8 Å². The molecule has 0 saturated heterocycles. The van der Waals surface area contributed by atoms with Gasteiger partial charge in [0.05, 0.1) is 17.6 Å². The first-order chi connectivity index (χ1) is 17.6. The van der Waals surface area contributed by atoms with E-state index in [2.05, 4.69) is 62.4 Å². The fraction of sp³-hybridized carbons (Fsp3) is 0.235. The summed E-state index contributed by atoms with van der Waals surface area (Å²) in [4.78, 5) is 25.5. The van der Waals surface area contributed by atoms with E-state index >= 15 is 0 Å². The molecule has 1 aliphatic rings. The molecule has 1 aliphatic carbocycles. The van der Waals surface area contributed by atoms with Gasteiger partial charge >= 0.3 is 5.97 Å². The van der Waals surface area contributed by atoms with E-state index in [9.17, 15) is 9.59 Å². The topological polar surface area (TPSA) is 43.4 Å². The quantitative estimate of drug-likeness (QED) is 0.188. The number of carbonyl (C=O) groups is 2. The van der Waals surface area contributed by atoms with Crippen LogP contribution in [0.5, 0.6) is 0 Å². The van der Waals surface area contributed by atoms with Gasteiger partial charge in [-0.15, -0.1) is 0 Å². The van der Waals surface area contributed by atoms with Crippen molar-refractivity contribution in [1.82, 2.24) is 0 Å². The van der Waals surface area contributed by atoms with E-state index in [1.54, 1.807) is 6.92 Å². The molecule has 0 aliphatic heterocycles. The molecule has 3 nitrogen and oxygen atoms in total. The first-order valence-electron chi connectivity index (χ1n) is 12.8. The van der Waals surface area contributed by atoms with Gasteiger partial charge in [0.2, 0.25) is 0 Å². The highest BCUT2D eigenvalue weighted by atomic mass is 16.5. The summed E-state index contributed by atoms with van der Waals surface area (Å²) in [6.45, 7) is 12.0. The highest BCUT2D eigenvalue weighted by Crippen LogP contribution is 2.57. The van der Waals surface area contributed by atoms with Gasteiger partial charge in [-0.05, 0) is 105 Å². The number of esters is 1. The van der Waals surface area contributed by atoms with Crippen molar-refractivity contribution < 1.29 is 14.3 Å². The second kappa shape index (κ2) is 9.15. The Morgan fingerprint density at radius 3 is 1.62 bits per heavy atom. The molecule has 0 unspecified atom stereocenters. The van der Waals surface area contributed by atoms with Gasteiger partial charge in [-0.3, -0.25) is 4.79 Å². The molecule has 0 spiro atoms. The third kappa shape index (κ3) is 3.99. The number of hydrogen-bond donors (Lipinski definition) is 0. The fourth-order valence-corrected chi connectivity index (χ4v) is 5.87. The van der Waals surface area contributed by atoms with E-state index in [-0.39, 0.29) is 11.8 Å². The first-order valence-corrected chi connectivity index (χ1v) is 12.8. The molecule has 0 fully saturated rings. The van der Waals surface area contributed by atoms with Gasteiger partial charge in [-0.2, -0.15) is 0 Å². The van der Waals surface area contributed by atoms with Gasteiger partial charge in [0.25, 0.3) is 0 Å². The number of carbonyl (C=O) groups excluding carboxylic acids is 2. The molecule has 0 atom stereocenters. The van der Waals surface area contributed by atoms with Crippen LogP contribution < -0.4 is 0 Å². The highest BCUT2D eigenvalue weighted by Gasteiger charge is 2.47. The van der Waals surface area contributed by atoms with Gasteiger partial charge in [0, 0.05) is 5.56 Å². The largest absolute Gasteiger partial charge is 0.462 e. The van der Waals surface area contributed by atoms with E-state index in [1.165, 1.54) is 11.1 Å². The van der Waals surface area contributed by atoms with Gasteiger partial charge in [-0.25, -0.2) is 4.79 Å². The van der Waals surface area contributed by atoms with E-state index in [0.717, 1.165) is 44.5 Å². The van der Waals surface area contributed by atoms with Crippen LogP contribution in [0.3, 0.4) is 0 Å². The molecule has 37 heavy (non-hydrogen) atoms. The van der Waals surface area contributed by atoms with Crippen molar-refractivity contribution in [3.05, 3.63) is 128 Å². The van der Waals surface area contributed by atoms with Gasteiger partial charge in [-0.1, -0.05) is 65.2 Å². The minimum absolute atomic E-state index is 0.0310. The van der Waals surface area contributed by atoms with Crippen LogP contribution in [-0.4, -0.2) is 18.4 Å². The summed E-state index contributed by atoms with van der Waals surface area (Å²) in [5.41, 5.74) is 11.5. The summed E-state index contributed by atoms with van der Waals surface area (Å²) in [5, 5.41) is 0. The minimum atomic E-state index is -0.702. The lowest BCUT2D eigenvalue weighted by Crippen LogP contribution is -2.30. The predicted molar refractivity (Wildman–Crippen MR) is 149 cm³/mol. The Balaban J connectivity index is 1.98.